The Hall–Kier alpha value is -1.17. The highest BCUT2D eigenvalue weighted by atomic mass is 32.2. The van der Waals surface area contributed by atoms with E-state index in [1.54, 1.807) is 12.3 Å². The van der Waals surface area contributed by atoms with Crippen LogP contribution in [0.3, 0.4) is 0 Å². The van der Waals surface area contributed by atoms with Crippen LogP contribution >= 0.6 is 0 Å². The molecular weight excluding hydrogens is 275 g/mol. The average molecular weight is 294 g/mol. The van der Waals surface area contributed by atoms with E-state index >= 15 is 0 Å². The van der Waals surface area contributed by atoms with Crippen LogP contribution in [0.25, 0.3) is 10.9 Å². The molecule has 0 aliphatic rings. The normalized spacial score (nSPS) is 15.3. The van der Waals surface area contributed by atoms with Gasteiger partial charge in [-0.15, -0.1) is 4.72 Å². The molecule has 2 aromatic rings. The van der Waals surface area contributed by atoms with Crippen molar-refractivity contribution in [2.24, 2.45) is 0 Å². The predicted octanol–water partition coefficient (Wildman–Crippen LogP) is 3.49. The molecule has 2 atom stereocenters. The van der Waals surface area contributed by atoms with Gasteiger partial charge in [-0.05, 0) is 39.8 Å². The molecule has 0 saturated heterocycles. The maximum absolute atomic E-state index is 14.1. The Kier molecular flexibility index (Phi) is 4.32. The summed E-state index contributed by atoms with van der Waals surface area (Å²) in [4.78, 5) is 4.12. The first-order chi connectivity index (χ1) is 9.29. The van der Waals surface area contributed by atoms with E-state index in [0.29, 0.717) is 11.1 Å². The molecule has 1 aromatic carbocycles. The second-order valence-corrected chi connectivity index (χ2v) is 7.79. The molecule has 0 aliphatic carbocycles. The van der Waals surface area contributed by atoms with Crippen molar-refractivity contribution in [2.75, 3.05) is 0 Å². The Balaban J connectivity index is 2.30. The molecule has 1 aromatic heterocycles. The molecule has 20 heavy (non-hydrogen) atoms. The standard InChI is InChI=1S/C15H19FN2OS/c1-10(18-20(19)15(2,3)4)12-8-11-6-5-7-17-14(11)9-13(12)16/h5-10,18H,1-4H3/t10?,20-/m1/s1. The number of benzene rings is 1. The smallest absolute Gasteiger partial charge is 0.136 e. The Morgan fingerprint density at radius 3 is 2.70 bits per heavy atom. The molecule has 0 aliphatic heterocycles. The van der Waals surface area contributed by atoms with Gasteiger partial charge in [0.2, 0.25) is 0 Å². The number of aromatic nitrogens is 1. The number of nitrogens with zero attached hydrogens (tertiary/aromatic N) is 1. The SMILES string of the molecule is CC(N[S@+]([O-])C(C)(C)C)c1cc2cccnc2cc1F. The van der Waals surface area contributed by atoms with Gasteiger partial charge in [0.1, 0.15) is 10.6 Å². The second-order valence-electron chi connectivity index (χ2n) is 5.79. The highest BCUT2D eigenvalue weighted by Gasteiger charge is 2.29. The van der Waals surface area contributed by atoms with E-state index in [9.17, 15) is 8.94 Å². The van der Waals surface area contributed by atoms with Gasteiger partial charge in [0.15, 0.2) is 0 Å². The van der Waals surface area contributed by atoms with Crippen molar-refractivity contribution in [2.45, 2.75) is 38.5 Å². The van der Waals surface area contributed by atoms with Gasteiger partial charge < -0.3 is 4.55 Å². The topological polar surface area (TPSA) is 48.0 Å². The summed E-state index contributed by atoms with van der Waals surface area (Å²) in [5, 5.41) is 0.874. The van der Waals surface area contributed by atoms with Gasteiger partial charge in [-0.25, -0.2) is 4.39 Å². The van der Waals surface area contributed by atoms with Gasteiger partial charge in [-0.1, -0.05) is 6.07 Å². The number of rotatable bonds is 3. The zero-order valence-electron chi connectivity index (χ0n) is 12.1. The monoisotopic (exact) mass is 294 g/mol. The fourth-order valence-corrected chi connectivity index (χ4v) is 2.65. The fraction of sp³-hybridized carbons (Fsp3) is 0.400. The van der Waals surface area contributed by atoms with Crippen molar-refractivity contribution in [1.29, 1.82) is 0 Å². The number of halogens is 1. The van der Waals surface area contributed by atoms with E-state index in [0.717, 1.165) is 5.39 Å². The fourth-order valence-electron chi connectivity index (χ4n) is 1.85. The molecular formula is C15H19FN2OS. The largest absolute Gasteiger partial charge is 0.598 e. The second kappa shape index (κ2) is 5.68. The van der Waals surface area contributed by atoms with Crippen LogP contribution in [0.15, 0.2) is 30.5 Å². The summed E-state index contributed by atoms with van der Waals surface area (Å²) in [7, 11) is 0. The number of nitrogens with one attached hydrogen (secondary N) is 1. The zero-order valence-corrected chi connectivity index (χ0v) is 12.9. The molecule has 1 N–H and O–H groups in total. The van der Waals surface area contributed by atoms with E-state index in [-0.39, 0.29) is 16.6 Å². The van der Waals surface area contributed by atoms with Crippen molar-refractivity contribution >= 4 is 22.3 Å². The minimum Gasteiger partial charge on any atom is -0.598 e. The van der Waals surface area contributed by atoms with Crippen molar-refractivity contribution < 1.29 is 8.94 Å². The minimum atomic E-state index is -1.24. The van der Waals surface area contributed by atoms with Crippen molar-refractivity contribution in [3.8, 4) is 0 Å². The lowest BCUT2D eigenvalue weighted by Gasteiger charge is -2.26. The highest BCUT2D eigenvalue weighted by Crippen LogP contribution is 2.25. The average Bonchev–Trinajstić information content (AvgIpc) is 2.36. The van der Waals surface area contributed by atoms with Gasteiger partial charge in [0.25, 0.3) is 0 Å². The molecule has 3 nitrogen and oxygen atoms in total. The van der Waals surface area contributed by atoms with Crippen LogP contribution in [0.4, 0.5) is 4.39 Å². The minimum absolute atomic E-state index is 0.331. The van der Waals surface area contributed by atoms with Gasteiger partial charge >= 0.3 is 0 Å². The Morgan fingerprint density at radius 1 is 1.35 bits per heavy atom. The number of fused-ring (bicyclic) bond motifs is 1. The van der Waals surface area contributed by atoms with E-state index in [1.807, 2.05) is 39.8 Å². The molecule has 1 heterocycles. The quantitative estimate of drug-likeness (QED) is 0.882. The lowest BCUT2D eigenvalue weighted by atomic mass is 10.1. The summed E-state index contributed by atoms with van der Waals surface area (Å²) in [6, 6.07) is 6.55. The molecule has 0 radical (unpaired) electrons. The van der Waals surface area contributed by atoms with E-state index in [1.165, 1.54) is 6.07 Å². The summed E-state index contributed by atoms with van der Waals surface area (Å²) in [6.45, 7) is 7.45. The Labute approximate surface area is 121 Å². The Bertz CT molecular complexity index is 612. The maximum atomic E-state index is 14.1. The molecule has 2 rings (SSSR count). The van der Waals surface area contributed by atoms with E-state index < -0.39 is 11.4 Å². The number of pyridine rings is 1. The molecule has 108 valence electrons. The third-order valence-electron chi connectivity index (χ3n) is 3.03. The summed E-state index contributed by atoms with van der Waals surface area (Å²) < 4.78 is 28.8. The molecule has 0 spiro atoms. The summed E-state index contributed by atoms with van der Waals surface area (Å²) in [5.41, 5.74) is 1.13. The molecule has 0 bridgehead atoms. The molecule has 5 heteroatoms. The van der Waals surface area contributed by atoms with E-state index in [4.69, 9.17) is 0 Å². The lowest BCUT2D eigenvalue weighted by Crippen LogP contribution is -2.40. The van der Waals surface area contributed by atoms with Crippen LogP contribution < -0.4 is 4.72 Å². The van der Waals surface area contributed by atoms with Crippen molar-refractivity contribution in [3.63, 3.8) is 0 Å². The van der Waals surface area contributed by atoms with Gasteiger partial charge in [0, 0.05) is 34.6 Å². The van der Waals surface area contributed by atoms with Crippen molar-refractivity contribution in [3.05, 3.63) is 41.8 Å². The first-order valence-electron chi connectivity index (χ1n) is 6.51. The third kappa shape index (κ3) is 3.29. The summed E-state index contributed by atoms with van der Waals surface area (Å²) >= 11 is -1.24. The molecule has 1 unspecified atom stereocenters. The molecule has 0 amide bonds. The maximum Gasteiger partial charge on any atom is 0.136 e. The van der Waals surface area contributed by atoms with Gasteiger partial charge in [-0.2, -0.15) is 0 Å². The Morgan fingerprint density at radius 2 is 2.05 bits per heavy atom. The van der Waals surface area contributed by atoms with E-state index in [2.05, 4.69) is 9.71 Å². The van der Waals surface area contributed by atoms with Crippen LogP contribution in [-0.2, 0) is 11.4 Å². The summed E-state index contributed by atoms with van der Waals surface area (Å²) in [6.07, 6.45) is 1.64. The summed E-state index contributed by atoms with van der Waals surface area (Å²) in [5.74, 6) is -0.331. The first kappa shape index (κ1) is 15.2. The molecule has 0 fully saturated rings. The van der Waals surface area contributed by atoms with Crippen LogP contribution in [0.5, 0.6) is 0 Å². The zero-order chi connectivity index (χ0) is 14.9. The van der Waals surface area contributed by atoms with Crippen LogP contribution in [0.2, 0.25) is 0 Å². The third-order valence-corrected chi connectivity index (χ3v) is 4.71. The lowest BCUT2D eigenvalue weighted by molar-refractivity contribution is 0.523. The molecule has 0 saturated carbocycles. The van der Waals surface area contributed by atoms with Crippen LogP contribution in [0.1, 0.15) is 39.3 Å². The van der Waals surface area contributed by atoms with Crippen LogP contribution in [0, 0.1) is 5.82 Å². The first-order valence-corrected chi connectivity index (χ1v) is 7.66. The number of hydrogen-bond donors (Lipinski definition) is 1. The highest BCUT2D eigenvalue weighted by molar-refractivity contribution is 7.90. The van der Waals surface area contributed by atoms with Crippen LogP contribution in [-0.4, -0.2) is 14.3 Å². The van der Waals surface area contributed by atoms with Gasteiger partial charge in [-0.3, -0.25) is 4.98 Å². The van der Waals surface area contributed by atoms with Crippen molar-refractivity contribution in [1.82, 2.24) is 9.71 Å². The van der Waals surface area contributed by atoms with Gasteiger partial charge in [0.05, 0.1) is 11.6 Å². The predicted molar refractivity (Wildman–Crippen MR) is 81.1 cm³/mol. The number of hydrogen-bond acceptors (Lipinski definition) is 3.